The largest absolute Gasteiger partial charge is 0.462 e. The molecule has 0 aromatic carbocycles. The smallest absolute Gasteiger partial charge is 0.307 e. The third kappa shape index (κ3) is 4.20. The van der Waals surface area contributed by atoms with Crippen LogP contribution in [0.15, 0.2) is 11.6 Å². The summed E-state index contributed by atoms with van der Waals surface area (Å²) in [6, 6.07) is 0. The van der Waals surface area contributed by atoms with Crippen LogP contribution in [0, 0.1) is 40.4 Å². The van der Waals surface area contributed by atoms with E-state index in [4.69, 9.17) is 4.74 Å². The third-order valence-corrected chi connectivity index (χ3v) is 11.2. The molecule has 5 aliphatic rings. The normalized spacial score (nSPS) is 44.4. The number of allylic oxidation sites excluding steroid dienone is 1. The quantitative estimate of drug-likeness (QED) is 0.356. The minimum atomic E-state index is -0.00267. The van der Waals surface area contributed by atoms with Crippen molar-refractivity contribution in [1.29, 1.82) is 0 Å². The predicted molar refractivity (Wildman–Crippen MR) is 135 cm³/mol. The molecule has 5 rings (SSSR count). The van der Waals surface area contributed by atoms with Crippen LogP contribution < -0.4 is 0 Å². The van der Waals surface area contributed by atoms with Gasteiger partial charge in [-0.1, -0.05) is 38.8 Å². The first-order valence-electron chi connectivity index (χ1n) is 14.3. The fraction of sp³-hybridized carbons (Fsp3) is 0.867. The highest BCUT2D eigenvalue weighted by atomic mass is 16.5. The first-order chi connectivity index (χ1) is 16.2. The lowest BCUT2D eigenvalue weighted by Gasteiger charge is -2.58. The molecule has 3 saturated carbocycles. The van der Waals surface area contributed by atoms with E-state index >= 15 is 0 Å². The van der Waals surface area contributed by atoms with E-state index in [1.807, 2.05) is 6.92 Å². The minimum Gasteiger partial charge on any atom is -0.462 e. The van der Waals surface area contributed by atoms with E-state index in [1.54, 1.807) is 5.57 Å². The third-order valence-electron chi connectivity index (χ3n) is 11.2. The molecule has 1 aliphatic heterocycles. The first-order valence-corrected chi connectivity index (χ1v) is 14.3. The molecule has 0 unspecified atom stereocenters. The molecular weight excluding hydrogens is 422 g/mol. The zero-order chi connectivity index (χ0) is 24.1. The van der Waals surface area contributed by atoms with Crippen molar-refractivity contribution in [2.75, 3.05) is 19.6 Å². The molecule has 0 amide bonds. The average Bonchev–Trinajstić information content (AvgIpc) is 3.08. The maximum atomic E-state index is 12.6. The number of nitrogens with zero attached hydrogens (tertiary/aromatic N) is 1. The fourth-order valence-corrected chi connectivity index (χ4v) is 9.63. The van der Waals surface area contributed by atoms with Crippen molar-refractivity contribution < 1.29 is 14.3 Å². The summed E-state index contributed by atoms with van der Waals surface area (Å²) in [5.74, 6) is 3.28. The number of hydrogen-bond donors (Lipinski definition) is 0. The standard InChI is InChI=1S/C30H47NO3/c1-20-18-26-24-9-8-22-19-23(34-27(33)12-17-31-15-6-5-7-16-31)10-13-29(22,3)25(24)11-14-30(26,4)28(20)21(2)32/h8,20,23-26,28H,5-7,9-19H2,1-4H3/t20-,23-,24-,25-,26-,28+,29+,30+/m1/s1. The molecule has 4 fully saturated rings. The van der Waals surface area contributed by atoms with Gasteiger partial charge in [-0.15, -0.1) is 0 Å². The van der Waals surface area contributed by atoms with Crippen LogP contribution >= 0.6 is 0 Å². The van der Waals surface area contributed by atoms with Crippen LogP contribution in [0.5, 0.6) is 0 Å². The Bertz CT molecular complexity index is 829. The number of Topliss-reactive ketones (excluding diaryl/α,β-unsaturated/α-hetero) is 1. The highest BCUT2D eigenvalue weighted by molar-refractivity contribution is 5.80. The Kier molecular flexibility index (Phi) is 6.76. The van der Waals surface area contributed by atoms with E-state index in [2.05, 4.69) is 31.7 Å². The Morgan fingerprint density at radius 2 is 1.85 bits per heavy atom. The topological polar surface area (TPSA) is 46.6 Å². The molecule has 34 heavy (non-hydrogen) atoms. The number of ether oxygens (including phenoxy) is 1. The van der Waals surface area contributed by atoms with Crippen LogP contribution in [0.25, 0.3) is 0 Å². The van der Waals surface area contributed by atoms with Crippen molar-refractivity contribution in [3.05, 3.63) is 11.6 Å². The summed E-state index contributed by atoms with van der Waals surface area (Å²) in [5.41, 5.74) is 2.00. The number of rotatable bonds is 5. The van der Waals surface area contributed by atoms with Crippen LogP contribution in [-0.4, -0.2) is 42.4 Å². The number of piperidine rings is 1. The molecule has 0 aromatic heterocycles. The highest BCUT2D eigenvalue weighted by Crippen LogP contribution is 2.67. The lowest BCUT2D eigenvalue weighted by atomic mass is 9.47. The molecule has 0 aromatic rings. The van der Waals surface area contributed by atoms with E-state index < -0.39 is 0 Å². The Hall–Kier alpha value is -1.16. The number of carbonyl (C=O) groups excluding carboxylic acids is 2. The van der Waals surface area contributed by atoms with E-state index in [-0.39, 0.29) is 28.8 Å². The summed E-state index contributed by atoms with van der Waals surface area (Å²) in [5, 5.41) is 0. The first kappa shape index (κ1) is 24.5. The Morgan fingerprint density at radius 3 is 2.59 bits per heavy atom. The molecule has 0 radical (unpaired) electrons. The maximum Gasteiger partial charge on any atom is 0.307 e. The number of ketones is 1. The van der Waals surface area contributed by atoms with Gasteiger partial charge in [0.2, 0.25) is 0 Å². The molecule has 0 bridgehead atoms. The number of hydrogen-bond acceptors (Lipinski definition) is 4. The molecule has 4 aliphatic carbocycles. The molecule has 4 heteroatoms. The van der Waals surface area contributed by atoms with Crippen molar-refractivity contribution in [2.45, 2.75) is 104 Å². The second-order valence-electron chi connectivity index (χ2n) is 13.1. The minimum absolute atomic E-state index is 0.00267. The van der Waals surface area contributed by atoms with Gasteiger partial charge in [0.25, 0.3) is 0 Å². The van der Waals surface area contributed by atoms with Crippen molar-refractivity contribution in [3.8, 4) is 0 Å². The summed E-state index contributed by atoms with van der Waals surface area (Å²) in [6.45, 7) is 12.2. The van der Waals surface area contributed by atoms with Gasteiger partial charge < -0.3 is 9.64 Å². The van der Waals surface area contributed by atoms with Gasteiger partial charge in [-0.25, -0.2) is 0 Å². The Morgan fingerprint density at radius 1 is 1.09 bits per heavy atom. The van der Waals surface area contributed by atoms with Gasteiger partial charge in [-0.3, -0.25) is 9.59 Å². The molecule has 1 heterocycles. The molecule has 4 nitrogen and oxygen atoms in total. The zero-order valence-electron chi connectivity index (χ0n) is 22.1. The second-order valence-corrected chi connectivity index (χ2v) is 13.1. The summed E-state index contributed by atoms with van der Waals surface area (Å²) < 4.78 is 6.01. The van der Waals surface area contributed by atoms with Crippen molar-refractivity contribution in [1.82, 2.24) is 4.90 Å². The van der Waals surface area contributed by atoms with Crippen molar-refractivity contribution >= 4 is 11.8 Å². The number of esters is 1. The summed E-state index contributed by atoms with van der Waals surface area (Å²) in [7, 11) is 0. The van der Waals surface area contributed by atoms with Crippen molar-refractivity contribution in [2.24, 2.45) is 40.4 Å². The highest BCUT2D eigenvalue weighted by Gasteiger charge is 2.61. The lowest BCUT2D eigenvalue weighted by Crippen LogP contribution is -2.51. The molecule has 0 spiro atoms. The SMILES string of the molecule is CC(=O)[C@@H]1[C@H](C)C[C@@H]2[C@@H]3CC=C4C[C@H](OC(=O)CCN5CCCCC5)CC[C@]4(C)[C@@H]3CC[C@@]21C. The van der Waals surface area contributed by atoms with Gasteiger partial charge in [0.15, 0.2) is 0 Å². The molecule has 8 atom stereocenters. The van der Waals surface area contributed by atoms with Gasteiger partial charge in [-0.05, 0) is 106 Å². The summed E-state index contributed by atoms with van der Waals surface area (Å²) in [4.78, 5) is 27.6. The fourth-order valence-electron chi connectivity index (χ4n) is 9.63. The van der Waals surface area contributed by atoms with Crippen LogP contribution in [0.3, 0.4) is 0 Å². The van der Waals surface area contributed by atoms with Gasteiger partial charge in [0, 0.05) is 18.9 Å². The Labute approximate surface area is 207 Å². The van der Waals surface area contributed by atoms with Crippen molar-refractivity contribution in [3.63, 3.8) is 0 Å². The van der Waals surface area contributed by atoms with Crippen LogP contribution in [0.2, 0.25) is 0 Å². The van der Waals surface area contributed by atoms with Gasteiger partial charge in [0.1, 0.15) is 11.9 Å². The van der Waals surface area contributed by atoms with Gasteiger partial charge in [0.05, 0.1) is 6.42 Å². The Balaban J connectivity index is 1.22. The molecule has 1 saturated heterocycles. The molecule has 0 N–H and O–H groups in total. The van der Waals surface area contributed by atoms with E-state index in [1.165, 1.54) is 38.5 Å². The zero-order valence-corrected chi connectivity index (χ0v) is 22.1. The maximum absolute atomic E-state index is 12.6. The van der Waals surface area contributed by atoms with Crippen LogP contribution in [-0.2, 0) is 14.3 Å². The average molecular weight is 470 g/mol. The lowest BCUT2D eigenvalue weighted by molar-refractivity contribution is -0.152. The van der Waals surface area contributed by atoms with Gasteiger partial charge >= 0.3 is 5.97 Å². The molecular formula is C30H47NO3. The van der Waals surface area contributed by atoms with Gasteiger partial charge in [-0.2, -0.15) is 0 Å². The number of carbonyl (C=O) groups is 2. The van der Waals surface area contributed by atoms with Crippen LogP contribution in [0.1, 0.15) is 98.3 Å². The van der Waals surface area contributed by atoms with E-state index in [0.29, 0.717) is 30.0 Å². The van der Waals surface area contributed by atoms with Crippen LogP contribution in [0.4, 0.5) is 0 Å². The summed E-state index contributed by atoms with van der Waals surface area (Å²) >= 11 is 0. The number of likely N-dealkylation sites (tertiary alicyclic amines) is 1. The monoisotopic (exact) mass is 469 g/mol. The van der Waals surface area contributed by atoms with E-state index in [0.717, 1.165) is 51.2 Å². The number of fused-ring (bicyclic) bond motifs is 5. The second kappa shape index (κ2) is 9.37. The summed E-state index contributed by atoms with van der Waals surface area (Å²) in [6.07, 6.45) is 14.9. The predicted octanol–water partition coefficient (Wildman–Crippen LogP) is 6.19. The molecule has 190 valence electrons. The van der Waals surface area contributed by atoms with E-state index in [9.17, 15) is 9.59 Å².